The second kappa shape index (κ2) is 5.47. The van der Waals surface area contributed by atoms with Crippen LogP contribution in [0.3, 0.4) is 0 Å². The highest BCUT2D eigenvalue weighted by Gasteiger charge is 1.71. The van der Waals surface area contributed by atoms with Crippen molar-refractivity contribution in [1.82, 2.24) is 0 Å². The van der Waals surface area contributed by atoms with E-state index in [-0.39, 0.29) is 0 Å². The van der Waals surface area contributed by atoms with E-state index >= 15 is 0 Å². The molecule has 0 atom stereocenters. The second-order valence-corrected chi connectivity index (χ2v) is 1.20. The molecule has 0 aliphatic carbocycles. The van der Waals surface area contributed by atoms with Gasteiger partial charge in [0.15, 0.2) is 0 Å². The average Bonchev–Trinajstić information content (AvgIpc) is 1.69. The van der Waals surface area contributed by atoms with Crippen LogP contribution in [0.1, 0.15) is 20.3 Å². The van der Waals surface area contributed by atoms with Gasteiger partial charge in [0.2, 0.25) is 0 Å². The molecular weight excluding hydrogens is 90.1 g/mol. The van der Waals surface area contributed by atoms with Crippen LogP contribution in [0.5, 0.6) is 0 Å². The lowest BCUT2D eigenvalue weighted by molar-refractivity contribution is 0.146. The van der Waals surface area contributed by atoms with Crippen LogP contribution in [0.4, 0.5) is 0 Å². The van der Waals surface area contributed by atoms with E-state index in [0.29, 0.717) is 0 Å². The second-order valence-electron chi connectivity index (χ2n) is 1.20. The Hall–Kier alpha value is -0.530. The van der Waals surface area contributed by atoms with Crippen LogP contribution in [0.15, 0.2) is 5.16 Å². The zero-order chi connectivity index (χ0) is 5.54. The summed E-state index contributed by atoms with van der Waals surface area (Å²) in [7, 11) is 0. The first-order valence-electron chi connectivity index (χ1n) is 2.51. The summed E-state index contributed by atoms with van der Waals surface area (Å²) in [6, 6.07) is 0. The molecule has 0 amide bonds. The van der Waals surface area contributed by atoms with E-state index in [4.69, 9.17) is 4.84 Å². The van der Waals surface area contributed by atoms with E-state index in [2.05, 4.69) is 5.16 Å². The Morgan fingerprint density at radius 2 is 2.43 bits per heavy atom. The van der Waals surface area contributed by atoms with Crippen molar-refractivity contribution < 1.29 is 4.84 Å². The third kappa shape index (κ3) is 5.47. The van der Waals surface area contributed by atoms with Crippen LogP contribution in [0.25, 0.3) is 0 Å². The zero-order valence-electron chi connectivity index (χ0n) is 4.85. The van der Waals surface area contributed by atoms with Gasteiger partial charge in [-0.05, 0) is 13.3 Å². The van der Waals surface area contributed by atoms with Gasteiger partial charge in [-0.2, -0.15) is 0 Å². The van der Waals surface area contributed by atoms with Crippen LogP contribution in [-0.4, -0.2) is 12.8 Å². The molecule has 0 aromatic heterocycles. The quantitative estimate of drug-likeness (QED) is 0.299. The molecule has 0 aliphatic rings. The Balaban J connectivity index is 2.69. The molecule has 0 spiro atoms. The van der Waals surface area contributed by atoms with Crippen LogP contribution in [-0.2, 0) is 4.84 Å². The monoisotopic (exact) mass is 101 g/mol. The Kier molecular flexibility index (Phi) is 5.06. The first-order valence-corrected chi connectivity index (χ1v) is 2.51. The molecule has 0 saturated heterocycles. The minimum atomic E-state index is 0.727. The van der Waals surface area contributed by atoms with Gasteiger partial charge in [0, 0.05) is 6.21 Å². The fraction of sp³-hybridized carbons (Fsp3) is 0.800. The maximum Gasteiger partial charge on any atom is 0.116 e. The summed E-state index contributed by atoms with van der Waals surface area (Å²) in [5.41, 5.74) is 0. The minimum Gasteiger partial charge on any atom is -0.396 e. The third-order valence-corrected chi connectivity index (χ3v) is 0.475. The number of rotatable bonds is 3. The fourth-order valence-corrected chi connectivity index (χ4v) is 0.219. The molecule has 0 unspecified atom stereocenters. The molecule has 0 saturated carbocycles. The summed E-state index contributed by atoms with van der Waals surface area (Å²) < 4.78 is 0. The van der Waals surface area contributed by atoms with Crippen molar-refractivity contribution >= 4 is 6.21 Å². The first-order chi connectivity index (χ1) is 3.41. The molecule has 2 nitrogen and oxygen atoms in total. The van der Waals surface area contributed by atoms with Gasteiger partial charge in [0.25, 0.3) is 0 Å². The number of hydrogen-bond acceptors (Lipinski definition) is 2. The molecular formula is C5H11NO. The Bertz CT molecular complexity index is 52.0. The molecule has 2 heteroatoms. The van der Waals surface area contributed by atoms with Crippen molar-refractivity contribution in [1.29, 1.82) is 0 Å². The van der Waals surface area contributed by atoms with Crippen LogP contribution in [0, 0.1) is 0 Å². The largest absolute Gasteiger partial charge is 0.396 e. The lowest BCUT2D eigenvalue weighted by atomic mass is 10.5. The zero-order valence-corrected chi connectivity index (χ0v) is 4.85. The predicted octanol–water partition coefficient (Wildman–Crippen LogP) is 1.42. The Morgan fingerprint density at radius 3 is 2.86 bits per heavy atom. The molecule has 0 N–H and O–H groups in total. The number of nitrogens with zero attached hydrogens (tertiary/aromatic N) is 1. The molecule has 0 heterocycles. The molecule has 0 aromatic carbocycles. The van der Waals surface area contributed by atoms with Gasteiger partial charge in [-0.25, -0.2) is 0 Å². The lowest BCUT2D eigenvalue weighted by Gasteiger charge is -1.89. The van der Waals surface area contributed by atoms with Gasteiger partial charge < -0.3 is 4.84 Å². The van der Waals surface area contributed by atoms with Gasteiger partial charge in [-0.15, -0.1) is 0 Å². The smallest absolute Gasteiger partial charge is 0.116 e. The highest BCUT2D eigenvalue weighted by atomic mass is 16.6. The van der Waals surface area contributed by atoms with Crippen molar-refractivity contribution in [3.05, 3.63) is 0 Å². The van der Waals surface area contributed by atoms with Crippen LogP contribution < -0.4 is 0 Å². The van der Waals surface area contributed by atoms with Crippen LogP contribution >= 0.6 is 0 Å². The summed E-state index contributed by atoms with van der Waals surface area (Å²) in [6.45, 7) is 4.60. The lowest BCUT2D eigenvalue weighted by Crippen LogP contribution is -1.81. The fourth-order valence-electron chi connectivity index (χ4n) is 0.219. The molecule has 7 heavy (non-hydrogen) atoms. The topological polar surface area (TPSA) is 21.6 Å². The molecule has 0 bridgehead atoms. The molecule has 0 radical (unpaired) electrons. The molecule has 0 aliphatic heterocycles. The van der Waals surface area contributed by atoms with Crippen molar-refractivity contribution in [3.8, 4) is 0 Å². The molecule has 0 fully saturated rings. The summed E-state index contributed by atoms with van der Waals surface area (Å²) in [4.78, 5) is 4.70. The van der Waals surface area contributed by atoms with Crippen LogP contribution in [0.2, 0.25) is 0 Å². The van der Waals surface area contributed by atoms with E-state index < -0.39 is 0 Å². The van der Waals surface area contributed by atoms with Crippen molar-refractivity contribution in [2.45, 2.75) is 20.3 Å². The highest BCUT2D eigenvalue weighted by Crippen LogP contribution is 1.77. The van der Waals surface area contributed by atoms with E-state index in [1.807, 2.05) is 13.8 Å². The van der Waals surface area contributed by atoms with Crippen molar-refractivity contribution in [2.24, 2.45) is 5.16 Å². The molecule has 0 aromatic rings. The molecule has 0 rings (SSSR count). The minimum absolute atomic E-state index is 0.727. The van der Waals surface area contributed by atoms with E-state index in [1.54, 1.807) is 6.21 Å². The number of oxime groups is 1. The van der Waals surface area contributed by atoms with Gasteiger partial charge in [0.1, 0.15) is 6.61 Å². The maximum atomic E-state index is 4.70. The first kappa shape index (κ1) is 6.47. The van der Waals surface area contributed by atoms with Gasteiger partial charge >= 0.3 is 0 Å². The number of hydrogen-bond donors (Lipinski definition) is 0. The summed E-state index contributed by atoms with van der Waals surface area (Å²) in [6.07, 6.45) is 2.66. The van der Waals surface area contributed by atoms with E-state index in [1.165, 1.54) is 0 Å². The summed E-state index contributed by atoms with van der Waals surface area (Å²) in [5, 5.41) is 3.54. The predicted molar refractivity (Wildman–Crippen MR) is 30.4 cm³/mol. The SMILES string of the molecule is C/C=N/OCCC. The summed E-state index contributed by atoms with van der Waals surface area (Å²) in [5.74, 6) is 0. The normalized spacial score (nSPS) is 10.0. The third-order valence-electron chi connectivity index (χ3n) is 0.475. The van der Waals surface area contributed by atoms with Gasteiger partial charge in [-0.1, -0.05) is 12.1 Å². The molecule has 42 valence electrons. The standard InChI is InChI=1S/C5H11NO/c1-3-5-7-6-4-2/h4H,3,5H2,1-2H3/b6-4+. The van der Waals surface area contributed by atoms with Crippen molar-refractivity contribution in [3.63, 3.8) is 0 Å². The van der Waals surface area contributed by atoms with Crippen molar-refractivity contribution in [2.75, 3.05) is 6.61 Å². The highest BCUT2D eigenvalue weighted by molar-refractivity contribution is 5.52. The Labute approximate surface area is 44.2 Å². The average molecular weight is 101 g/mol. The van der Waals surface area contributed by atoms with Gasteiger partial charge in [-0.3, -0.25) is 0 Å². The van der Waals surface area contributed by atoms with E-state index in [9.17, 15) is 0 Å². The maximum absolute atomic E-state index is 4.70. The summed E-state index contributed by atoms with van der Waals surface area (Å²) >= 11 is 0. The Morgan fingerprint density at radius 1 is 1.71 bits per heavy atom. The van der Waals surface area contributed by atoms with Gasteiger partial charge in [0.05, 0.1) is 0 Å². The van der Waals surface area contributed by atoms with E-state index in [0.717, 1.165) is 13.0 Å².